The molecule has 11 heteroatoms. The average molecular weight is 629 g/mol. The molecule has 1 aromatic carbocycles. The van der Waals surface area contributed by atoms with Crippen molar-refractivity contribution in [2.75, 3.05) is 24.5 Å². The average Bonchev–Trinajstić information content (AvgIpc) is 3.82. The van der Waals surface area contributed by atoms with Gasteiger partial charge in [0.05, 0.1) is 22.5 Å². The molecule has 10 nitrogen and oxygen atoms in total. The predicted octanol–water partition coefficient (Wildman–Crippen LogP) is 6.44. The van der Waals surface area contributed by atoms with Crippen LogP contribution >= 0.6 is 0 Å². The van der Waals surface area contributed by atoms with Crippen molar-refractivity contribution in [3.63, 3.8) is 0 Å². The molecule has 0 spiro atoms. The molecule has 4 heterocycles. The summed E-state index contributed by atoms with van der Waals surface area (Å²) in [6.45, 7) is 14.7. The number of carbonyl (C=O) groups is 1. The zero-order valence-electron chi connectivity index (χ0n) is 27.5. The van der Waals surface area contributed by atoms with Crippen molar-refractivity contribution in [3.05, 3.63) is 69.7 Å². The van der Waals surface area contributed by atoms with Gasteiger partial charge < -0.3 is 19.6 Å². The first-order chi connectivity index (χ1) is 21.7. The first kappa shape index (κ1) is 31.4. The number of carbonyl (C=O) groups excluding carboxylic acids is 1. The van der Waals surface area contributed by atoms with Crippen molar-refractivity contribution >= 4 is 22.9 Å². The van der Waals surface area contributed by atoms with Crippen molar-refractivity contribution in [2.24, 2.45) is 0 Å². The Morgan fingerprint density at radius 2 is 1.85 bits per heavy atom. The third-order valence-electron chi connectivity index (χ3n) is 8.58. The maximum atomic E-state index is 14.6. The summed E-state index contributed by atoms with van der Waals surface area (Å²) in [5.41, 5.74) is 2.95. The Morgan fingerprint density at radius 3 is 2.50 bits per heavy atom. The van der Waals surface area contributed by atoms with Gasteiger partial charge in [-0.25, -0.2) is 23.5 Å². The zero-order chi connectivity index (χ0) is 33.1. The van der Waals surface area contributed by atoms with Gasteiger partial charge in [-0.15, -0.1) is 0 Å². The van der Waals surface area contributed by atoms with Crippen LogP contribution in [0.4, 0.5) is 15.0 Å². The number of hydrogen-bond acceptors (Lipinski definition) is 8. The highest BCUT2D eigenvalue weighted by atomic mass is 19.1. The summed E-state index contributed by atoms with van der Waals surface area (Å²) >= 11 is 0. The number of amides is 1. The molecule has 1 N–H and O–H groups in total. The van der Waals surface area contributed by atoms with Gasteiger partial charge in [0.15, 0.2) is 5.65 Å². The Labute approximate surface area is 267 Å². The van der Waals surface area contributed by atoms with Crippen molar-refractivity contribution in [1.29, 1.82) is 0 Å². The van der Waals surface area contributed by atoms with Crippen molar-refractivity contribution in [3.8, 4) is 22.7 Å². The standard InChI is InChI=1S/C35H41FN6O4/c1-19(2)28-30(20(3)12-13-37-28)42-32-26(17-24(22-8-9-22)29(38-32)25-16-23(36)10-11-27(25)43)31(39-33(42)44)41-15-14-40(18-21(41)4)34(45)46-35(5,6)7/h10-13,16-17,19,21-22,43H,8-9,14-15,18H2,1-7H3. The van der Waals surface area contributed by atoms with Gasteiger partial charge in [-0.2, -0.15) is 4.98 Å². The molecule has 0 bridgehead atoms. The molecule has 1 saturated carbocycles. The number of aryl methyl sites for hydroxylation is 1. The van der Waals surface area contributed by atoms with Gasteiger partial charge in [0.25, 0.3) is 0 Å². The fourth-order valence-corrected chi connectivity index (χ4v) is 6.23. The van der Waals surface area contributed by atoms with E-state index in [2.05, 4.69) is 4.98 Å². The number of pyridine rings is 2. The van der Waals surface area contributed by atoms with E-state index in [1.54, 1.807) is 11.1 Å². The summed E-state index contributed by atoms with van der Waals surface area (Å²) in [6.07, 6.45) is 3.22. The van der Waals surface area contributed by atoms with Gasteiger partial charge in [-0.1, -0.05) is 13.8 Å². The van der Waals surface area contributed by atoms with Crippen LogP contribution in [-0.2, 0) is 4.74 Å². The molecular weight excluding hydrogens is 587 g/mol. The normalized spacial score (nSPS) is 17.2. The summed E-state index contributed by atoms with van der Waals surface area (Å²) in [4.78, 5) is 45.3. The van der Waals surface area contributed by atoms with E-state index in [0.717, 1.165) is 29.7 Å². The van der Waals surface area contributed by atoms with Gasteiger partial charge in [-0.3, -0.25) is 4.98 Å². The second-order valence-corrected chi connectivity index (χ2v) is 13.8. The van der Waals surface area contributed by atoms with Crippen LogP contribution in [-0.4, -0.2) is 66.9 Å². The Bertz CT molecular complexity index is 1900. The first-order valence-corrected chi connectivity index (χ1v) is 15.9. The van der Waals surface area contributed by atoms with E-state index >= 15 is 0 Å². The smallest absolute Gasteiger partial charge is 0.410 e. The van der Waals surface area contributed by atoms with E-state index in [1.807, 2.05) is 65.5 Å². The maximum Gasteiger partial charge on any atom is 0.410 e. The Balaban J connectivity index is 1.59. The molecule has 2 fully saturated rings. The molecule has 0 radical (unpaired) electrons. The fraction of sp³-hybridized carbons (Fsp3) is 0.457. The number of nitrogens with zero attached hydrogens (tertiary/aromatic N) is 6. The van der Waals surface area contributed by atoms with Crippen molar-refractivity contribution in [2.45, 2.75) is 84.8 Å². The number of hydrogen-bond donors (Lipinski definition) is 1. The lowest BCUT2D eigenvalue weighted by molar-refractivity contribution is 0.0218. The minimum Gasteiger partial charge on any atom is -0.507 e. The molecule has 1 aliphatic carbocycles. The first-order valence-electron chi connectivity index (χ1n) is 15.9. The van der Waals surface area contributed by atoms with E-state index in [0.29, 0.717) is 47.9 Å². The molecule has 1 unspecified atom stereocenters. The van der Waals surface area contributed by atoms with Gasteiger partial charge in [0.2, 0.25) is 0 Å². The lowest BCUT2D eigenvalue weighted by Gasteiger charge is -2.41. The number of phenolic OH excluding ortho intramolecular Hbond substituents is 1. The summed E-state index contributed by atoms with van der Waals surface area (Å²) in [7, 11) is 0. The van der Waals surface area contributed by atoms with Crippen molar-refractivity contribution < 1.29 is 19.0 Å². The number of rotatable bonds is 5. The number of piperazine rings is 1. The SMILES string of the molecule is Cc1ccnc(C(C)C)c1-n1c(=O)nc(N2CCN(C(=O)OC(C)(C)C)CC2C)c2cc(C3CC3)c(-c3cc(F)ccc3O)nc21. The minimum atomic E-state index is -0.613. The van der Waals surface area contributed by atoms with Gasteiger partial charge >= 0.3 is 11.8 Å². The number of fused-ring (bicyclic) bond motifs is 1. The van der Waals surface area contributed by atoms with Gasteiger partial charge in [-0.05, 0) is 101 Å². The second-order valence-electron chi connectivity index (χ2n) is 13.8. The number of aromatic hydroxyl groups is 1. The molecule has 1 atom stereocenters. The zero-order valence-corrected chi connectivity index (χ0v) is 27.5. The summed E-state index contributed by atoms with van der Waals surface area (Å²) in [5, 5.41) is 11.5. The number of anilines is 1. The van der Waals surface area contributed by atoms with E-state index in [9.17, 15) is 19.1 Å². The molecule has 1 amide bonds. The van der Waals surface area contributed by atoms with E-state index < -0.39 is 17.1 Å². The molecule has 6 rings (SSSR count). The lowest BCUT2D eigenvalue weighted by Crippen LogP contribution is -2.55. The number of ether oxygens (including phenoxy) is 1. The Morgan fingerprint density at radius 1 is 1.11 bits per heavy atom. The minimum absolute atomic E-state index is 0.00467. The molecular formula is C35H41FN6O4. The third-order valence-corrected chi connectivity index (χ3v) is 8.58. The number of benzene rings is 1. The van der Waals surface area contributed by atoms with Crippen molar-refractivity contribution in [1.82, 2.24) is 24.4 Å². The Kier molecular flexibility index (Phi) is 7.98. The van der Waals surface area contributed by atoms with Crippen LogP contribution in [0.2, 0.25) is 0 Å². The number of aromatic nitrogens is 4. The van der Waals surface area contributed by atoms with Gasteiger partial charge in [0.1, 0.15) is 23.0 Å². The highest BCUT2D eigenvalue weighted by molar-refractivity contribution is 5.92. The van der Waals surface area contributed by atoms with E-state index in [4.69, 9.17) is 14.7 Å². The lowest BCUT2D eigenvalue weighted by atomic mass is 9.99. The molecule has 2 aliphatic rings. The van der Waals surface area contributed by atoms with E-state index in [1.165, 1.54) is 22.8 Å². The Hall–Kier alpha value is -4.54. The maximum absolute atomic E-state index is 14.6. The topological polar surface area (TPSA) is 114 Å². The van der Waals surface area contributed by atoms with Crippen LogP contribution in [0.3, 0.4) is 0 Å². The molecule has 46 heavy (non-hydrogen) atoms. The molecule has 4 aromatic rings. The highest BCUT2D eigenvalue weighted by Gasteiger charge is 2.35. The quantitative estimate of drug-likeness (QED) is 0.269. The van der Waals surface area contributed by atoms with Crippen LogP contribution in [0.25, 0.3) is 28.0 Å². The highest BCUT2D eigenvalue weighted by Crippen LogP contribution is 2.47. The number of halogens is 1. The molecule has 3 aromatic heterocycles. The largest absolute Gasteiger partial charge is 0.507 e. The second kappa shape index (κ2) is 11.7. The van der Waals surface area contributed by atoms with Crippen LogP contribution in [0.15, 0.2) is 41.3 Å². The fourth-order valence-electron chi connectivity index (χ4n) is 6.23. The van der Waals surface area contributed by atoms with Crippen LogP contribution in [0.1, 0.15) is 83.0 Å². The van der Waals surface area contributed by atoms with Crippen LogP contribution in [0, 0.1) is 12.7 Å². The predicted molar refractivity (Wildman–Crippen MR) is 175 cm³/mol. The number of phenols is 1. The summed E-state index contributed by atoms with van der Waals surface area (Å²) in [6, 6.07) is 7.49. The molecule has 1 aliphatic heterocycles. The molecule has 242 valence electrons. The molecule has 1 saturated heterocycles. The third kappa shape index (κ3) is 5.90. The van der Waals surface area contributed by atoms with Gasteiger partial charge in [0, 0.05) is 37.4 Å². The van der Waals surface area contributed by atoms with Crippen LogP contribution < -0.4 is 10.6 Å². The summed E-state index contributed by atoms with van der Waals surface area (Å²) in [5.74, 6) is 0.0620. The van der Waals surface area contributed by atoms with E-state index in [-0.39, 0.29) is 35.3 Å². The van der Waals surface area contributed by atoms with Crippen LogP contribution in [0.5, 0.6) is 5.75 Å². The monoisotopic (exact) mass is 628 g/mol. The summed E-state index contributed by atoms with van der Waals surface area (Å²) < 4.78 is 21.7.